The van der Waals surface area contributed by atoms with Crippen molar-refractivity contribution in [1.29, 1.82) is 0 Å². The van der Waals surface area contributed by atoms with Gasteiger partial charge in [0, 0.05) is 33.2 Å². The molecule has 3 nitrogen and oxygen atoms in total. The summed E-state index contributed by atoms with van der Waals surface area (Å²) in [6.45, 7) is 2.72. The molecule has 0 atom stereocenters. The molecule has 19 heavy (non-hydrogen) atoms. The van der Waals surface area contributed by atoms with Gasteiger partial charge in [0.05, 0.1) is 18.7 Å². The molecule has 2 aromatic heterocycles. The Morgan fingerprint density at radius 3 is 2.95 bits per heavy atom. The number of aromatic nitrogens is 2. The van der Waals surface area contributed by atoms with Gasteiger partial charge < -0.3 is 9.67 Å². The summed E-state index contributed by atoms with van der Waals surface area (Å²) in [7, 11) is 0. The maximum Gasteiger partial charge on any atom is 0.113 e. The van der Waals surface area contributed by atoms with E-state index in [1.807, 2.05) is 36.7 Å². The average Bonchev–Trinajstić information content (AvgIpc) is 2.94. The molecule has 1 N–H and O–H groups in total. The Balaban J connectivity index is 2.09. The largest absolute Gasteiger partial charge is 0.392 e. The number of benzene rings is 1. The quantitative estimate of drug-likeness (QED) is 0.801. The maximum atomic E-state index is 9.43. The van der Waals surface area contributed by atoms with Crippen molar-refractivity contribution in [3.8, 4) is 0 Å². The monoisotopic (exact) mass is 292 g/mol. The van der Waals surface area contributed by atoms with Crippen LogP contribution in [0.2, 0.25) is 5.02 Å². The number of hydrogen-bond donors (Lipinski definition) is 1. The van der Waals surface area contributed by atoms with Gasteiger partial charge in [-0.2, -0.15) is 0 Å². The molecule has 0 aliphatic rings. The highest BCUT2D eigenvalue weighted by Gasteiger charge is 2.10. The van der Waals surface area contributed by atoms with Gasteiger partial charge in [-0.1, -0.05) is 17.7 Å². The fraction of sp³-hybridized carbons (Fsp3) is 0.214. The third-order valence-electron chi connectivity index (χ3n) is 3.07. The molecule has 0 spiro atoms. The lowest BCUT2D eigenvalue weighted by Crippen LogP contribution is -1.97. The highest BCUT2D eigenvalue weighted by molar-refractivity contribution is 7.09. The molecular weight excluding hydrogens is 280 g/mol. The Labute approximate surface area is 120 Å². The van der Waals surface area contributed by atoms with Crippen molar-refractivity contribution in [1.82, 2.24) is 9.55 Å². The summed E-state index contributed by atoms with van der Waals surface area (Å²) in [5.41, 5.74) is 2.99. The lowest BCUT2D eigenvalue weighted by atomic mass is 10.2. The van der Waals surface area contributed by atoms with Crippen molar-refractivity contribution in [3.63, 3.8) is 0 Å². The van der Waals surface area contributed by atoms with Gasteiger partial charge in [-0.15, -0.1) is 11.3 Å². The molecule has 0 aliphatic heterocycles. The lowest BCUT2D eigenvalue weighted by molar-refractivity contribution is 0.283. The molecule has 0 amide bonds. The van der Waals surface area contributed by atoms with Crippen LogP contribution in [0.5, 0.6) is 0 Å². The smallest absolute Gasteiger partial charge is 0.113 e. The van der Waals surface area contributed by atoms with E-state index in [-0.39, 0.29) is 6.61 Å². The highest BCUT2D eigenvalue weighted by Crippen LogP contribution is 2.26. The van der Waals surface area contributed by atoms with Crippen LogP contribution in [0.1, 0.15) is 16.3 Å². The Hall–Kier alpha value is -1.36. The second kappa shape index (κ2) is 4.96. The minimum atomic E-state index is 0.0298. The zero-order valence-corrected chi connectivity index (χ0v) is 12.0. The number of halogens is 1. The van der Waals surface area contributed by atoms with Crippen molar-refractivity contribution in [2.45, 2.75) is 20.1 Å². The van der Waals surface area contributed by atoms with Gasteiger partial charge in [0.1, 0.15) is 5.01 Å². The number of aryl methyl sites for hydroxylation is 1. The van der Waals surface area contributed by atoms with E-state index in [9.17, 15) is 5.11 Å². The van der Waals surface area contributed by atoms with Crippen LogP contribution in [-0.2, 0) is 13.2 Å². The van der Waals surface area contributed by atoms with Crippen LogP contribution in [0.15, 0.2) is 29.8 Å². The molecule has 5 heteroatoms. The number of aliphatic hydroxyl groups is 1. The first-order chi connectivity index (χ1) is 9.17. The highest BCUT2D eigenvalue weighted by atomic mass is 35.5. The van der Waals surface area contributed by atoms with E-state index in [4.69, 9.17) is 11.6 Å². The van der Waals surface area contributed by atoms with E-state index in [1.54, 1.807) is 11.3 Å². The number of fused-ring (bicyclic) bond motifs is 1. The van der Waals surface area contributed by atoms with Gasteiger partial charge in [-0.05, 0) is 19.1 Å². The number of rotatable bonds is 3. The third kappa shape index (κ3) is 2.39. The SMILES string of the molecule is Cc1csc(Cn2cc(CO)c3ccc(Cl)cc32)n1. The van der Waals surface area contributed by atoms with E-state index in [2.05, 4.69) is 9.55 Å². The maximum absolute atomic E-state index is 9.43. The summed E-state index contributed by atoms with van der Waals surface area (Å²) in [4.78, 5) is 4.47. The second-order valence-electron chi connectivity index (χ2n) is 4.48. The predicted octanol–water partition coefficient (Wildman–Crippen LogP) is 3.60. The van der Waals surface area contributed by atoms with Crippen molar-refractivity contribution < 1.29 is 5.11 Å². The molecule has 2 heterocycles. The molecule has 0 radical (unpaired) electrons. The lowest BCUT2D eigenvalue weighted by Gasteiger charge is -2.02. The summed E-state index contributed by atoms with van der Waals surface area (Å²) in [6, 6.07) is 5.73. The molecule has 0 fully saturated rings. The number of thiazole rings is 1. The average molecular weight is 293 g/mol. The van der Waals surface area contributed by atoms with E-state index >= 15 is 0 Å². The first-order valence-electron chi connectivity index (χ1n) is 5.96. The molecule has 3 rings (SSSR count). The number of hydrogen-bond acceptors (Lipinski definition) is 3. The third-order valence-corrected chi connectivity index (χ3v) is 4.26. The van der Waals surface area contributed by atoms with E-state index in [0.717, 1.165) is 27.2 Å². The van der Waals surface area contributed by atoms with Crippen LogP contribution in [0.3, 0.4) is 0 Å². The summed E-state index contributed by atoms with van der Waals surface area (Å²) in [6.07, 6.45) is 1.97. The molecule has 0 bridgehead atoms. The Kier molecular flexibility index (Phi) is 3.31. The molecular formula is C14H13ClN2OS. The van der Waals surface area contributed by atoms with Crippen LogP contribution >= 0.6 is 22.9 Å². The molecule has 0 saturated carbocycles. The van der Waals surface area contributed by atoms with Crippen LogP contribution in [0, 0.1) is 6.92 Å². The van der Waals surface area contributed by atoms with Gasteiger partial charge in [0.2, 0.25) is 0 Å². The zero-order chi connectivity index (χ0) is 13.4. The zero-order valence-electron chi connectivity index (χ0n) is 10.4. The van der Waals surface area contributed by atoms with Crippen LogP contribution in [0.4, 0.5) is 0 Å². The van der Waals surface area contributed by atoms with E-state index in [0.29, 0.717) is 11.6 Å². The van der Waals surface area contributed by atoms with E-state index in [1.165, 1.54) is 0 Å². The summed E-state index contributed by atoms with van der Waals surface area (Å²) >= 11 is 7.71. The van der Waals surface area contributed by atoms with Crippen molar-refractivity contribution >= 4 is 33.8 Å². The predicted molar refractivity (Wildman–Crippen MR) is 78.8 cm³/mol. The van der Waals surface area contributed by atoms with Crippen molar-refractivity contribution in [2.75, 3.05) is 0 Å². The molecule has 0 unspecified atom stereocenters. The van der Waals surface area contributed by atoms with Crippen molar-refractivity contribution in [3.05, 3.63) is 51.1 Å². The van der Waals surface area contributed by atoms with Crippen molar-refractivity contribution in [2.24, 2.45) is 0 Å². The minimum absolute atomic E-state index is 0.0298. The van der Waals surface area contributed by atoms with Crippen LogP contribution in [0.25, 0.3) is 10.9 Å². The normalized spacial score (nSPS) is 11.3. The Morgan fingerprint density at radius 1 is 1.42 bits per heavy atom. The van der Waals surface area contributed by atoms with Gasteiger partial charge in [0.25, 0.3) is 0 Å². The molecule has 98 valence electrons. The van der Waals surface area contributed by atoms with E-state index < -0.39 is 0 Å². The molecule has 0 saturated heterocycles. The Bertz CT molecular complexity index is 732. The van der Waals surface area contributed by atoms with Gasteiger partial charge in [-0.25, -0.2) is 4.98 Å². The van der Waals surface area contributed by atoms with Crippen LogP contribution in [-0.4, -0.2) is 14.7 Å². The summed E-state index contributed by atoms with van der Waals surface area (Å²) in [5.74, 6) is 0. The molecule has 0 aliphatic carbocycles. The van der Waals surface area contributed by atoms with Crippen LogP contribution < -0.4 is 0 Å². The number of nitrogens with zero attached hydrogens (tertiary/aromatic N) is 2. The summed E-state index contributed by atoms with van der Waals surface area (Å²) in [5, 5.41) is 14.3. The second-order valence-corrected chi connectivity index (χ2v) is 5.86. The first kappa shape index (κ1) is 12.7. The first-order valence-corrected chi connectivity index (χ1v) is 7.22. The van der Waals surface area contributed by atoms with Gasteiger partial charge in [0.15, 0.2) is 0 Å². The molecule has 3 aromatic rings. The summed E-state index contributed by atoms with van der Waals surface area (Å²) < 4.78 is 2.09. The Morgan fingerprint density at radius 2 is 2.26 bits per heavy atom. The fourth-order valence-electron chi connectivity index (χ4n) is 2.22. The molecule has 1 aromatic carbocycles. The topological polar surface area (TPSA) is 38.0 Å². The minimum Gasteiger partial charge on any atom is -0.392 e. The van der Waals surface area contributed by atoms with Gasteiger partial charge >= 0.3 is 0 Å². The number of aliphatic hydroxyl groups excluding tert-OH is 1. The standard InChI is InChI=1S/C14H13ClN2OS/c1-9-8-19-14(16-9)6-17-5-10(7-18)12-3-2-11(15)4-13(12)17/h2-5,8,18H,6-7H2,1H3. The fourth-order valence-corrected chi connectivity index (χ4v) is 3.15. The van der Waals surface area contributed by atoms with Gasteiger partial charge in [-0.3, -0.25) is 0 Å².